The minimum absolute atomic E-state index is 0.0323. The van der Waals surface area contributed by atoms with Crippen molar-refractivity contribution in [3.63, 3.8) is 0 Å². The first-order valence-electron chi connectivity index (χ1n) is 19.3. The van der Waals surface area contributed by atoms with Crippen LogP contribution in [0.2, 0.25) is 0 Å². The molecule has 9 nitrogen and oxygen atoms in total. The van der Waals surface area contributed by atoms with Crippen LogP contribution in [0, 0.1) is 5.92 Å². The van der Waals surface area contributed by atoms with Crippen LogP contribution in [-0.2, 0) is 18.9 Å². The van der Waals surface area contributed by atoms with E-state index in [1.54, 1.807) is 0 Å². The van der Waals surface area contributed by atoms with Gasteiger partial charge in [-0.25, -0.2) is 9.98 Å². The molecule has 0 amide bonds. The highest BCUT2D eigenvalue weighted by Gasteiger charge is 2.21. The van der Waals surface area contributed by atoms with Gasteiger partial charge in [-0.3, -0.25) is 0 Å². The predicted molar refractivity (Wildman–Crippen MR) is 205 cm³/mol. The van der Waals surface area contributed by atoms with Crippen molar-refractivity contribution in [2.75, 3.05) is 39.6 Å². The first-order chi connectivity index (χ1) is 24.6. The van der Waals surface area contributed by atoms with Crippen LogP contribution in [0.3, 0.4) is 0 Å². The summed E-state index contributed by atoms with van der Waals surface area (Å²) in [5.41, 5.74) is 10.8. The number of hydrogen-bond donors (Lipinski definition) is 0. The lowest BCUT2D eigenvalue weighted by molar-refractivity contribution is 0.101. The molecule has 0 radical (unpaired) electrons. The zero-order valence-electron chi connectivity index (χ0n) is 31.1. The third-order valence-corrected chi connectivity index (χ3v) is 9.09. The maximum absolute atomic E-state index is 8.73. The quantitative estimate of drug-likeness (QED) is 0.0447. The van der Waals surface area contributed by atoms with Crippen LogP contribution in [-0.4, -0.2) is 69.6 Å². The molecule has 50 heavy (non-hydrogen) atoms. The van der Waals surface area contributed by atoms with Gasteiger partial charge in [0.2, 0.25) is 11.8 Å². The summed E-state index contributed by atoms with van der Waals surface area (Å²) in [4.78, 5) is 12.2. The van der Waals surface area contributed by atoms with Gasteiger partial charge in [-0.15, -0.1) is 0 Å². The van der Waals surface area contributed by atoms with Gasteiger partial charge in [0.1, 0.15) is 25.3 Å². The molecule has 2 aromatic rings. The molecule has 0 unspecified atom stereocenters. The second-order valence-electron chi connectivity index (χ2n) is 13.6. The monoisotopic (exact) mass is 689 g/mol. The Bertz CT molecular complexity index is 1250. The number of rotatable bonds is 25. The van der Waals surface area contributed by atoms with Gasteiger partial charge in [-0.2, -0.15) is 0 Å². The SMILES string of the molecule is CCCCCCC[C@@H](C)CCOC[C@@H]1COC(c2ccccc2)=N1.CCCCCCC[C@@H](CCOC[C@@H]1COC(c2ccccc2)=N1)N=[N+]=[N-]. The normalized spacial score (nSPS) is 17.7. The average Bonchev–Trinajstić information content (AvgIpc) is 3.83. The van der Waals surface area contributed by atoms with Gasteiger partial charge in [0, 0.05) is 35.3 Å². The van der Waals surface area contributed by atoms with E-state index in [0.717, 1.165) is 55.2 Å². The van der Waals surface area contributed by atoms with Crippen molar-refractivity contribution in [2.45, 2.75) is 129 Å². The van der Waals surface area contributed by atoms with Crippen LogP contribution in [0.1, 0.15) is 122 Å². The predicted octanol–water partition coefficient (Wildman–Crippen LogP) is 10.5. The van der Waals surface area contributed by atoms with Gasteiger partial charge in [0.15, 0.2) is 0 Å². The zero-order valence-corrected chi connectivity index (χ0v) is 31.1. The van der Waals surface area contributed by atoms with E-state index in [4.69, 9.17) is 24.5 Å². The Morgan fingerprint density at radius 3 is 1.66 bits per heavy atom. The van der Waals surface area contributed by atoms with Gasteiger partial charge in [0.05, 0.1) is 13.2 Å². The molecule has 2 aliphatic rings. The second kappa shape index (κ2) is 26.4. The van der Waals surface area contributed by atoms with Crippen molar-refractivity contribution in [1.82, 2.24) is 0 Å². The number of aliphatic imine (C=N–C) groups is 2. The standard InChI is InChI=1S/C21H33NO2.C20H30N4O2/c1-3-4-5-6-8-11-18(2)14-15-23-16-20-17-24-21(22-20)19-12-9-7-10-13-19;1-2-3-4-5-9-12-18(23-24-21)13-14-25-15-19-16-26-20(22-19)17-10-7-6-8-11-17/h7,9-10,12-13,18,20H,3-6,8,11,14-17H2,1-2H3;6-8,10-11,18-19H,2-5,9,12-16H2,1H3/t18-,20-;18-,19+/m10/s1. The van der Waals surface area contributed by atoms with E-state index >= 15 is 0 Å². The molecular formula is C41H63N5O4. The Kier molecular flexibility index (Phi) is 21.7. The molecule has 0 saturated heterocycles. The second-order valence-corrected chi connectivity index (χ2v) is 13.6. The topological polar surface area (TPSA) is 110 Å². The van der Waals surface area contributed by atoms with Gasteiger partial charge in [-0.05, 0) is 55.0 Å². The van der Waals surface area contributed by atoms with E-state index in [0.29, 0.717) is 38.9 Å². The van der Waals surface area contributed by atoms with Crippen LogP contribution >= 0.6 is 0 Å². The van der Waals surface area contributed by atoms with E-state index < -0.39 is 0 Å². The van der Waals surface area contributed by atoms with Gasteiger partial charge < -0.3 is 18.9 Å². The smallest absolute Gasteiger partial charge is 0.216 e. The molecule has 2 aromatic carbocycles. The Morgan fingerprint density at radius 1 is 0.680 bits per heavy atom. The summed E-state index contributed by atoms with van der Waals surface area (Å²) < 4.78 is 22.9. The van der Waals surface area contributed by atoms with E-state index in [-0.39, 0.29) is 18.1 Å². The molecule has 0 fully saturated rings. The molecule has 2 aliphatic heterocycles. The first kappa shape index (κ1) is 41.0. The number of ether oxygens (including phenoxy) is 4. The van der Waals surface area contributed by atoms with Gasteiger partial charge in [0.25, 0.3) is 0 Å². The Balaban J connectivity index is 0.000000271. The number of unbranched alkanes of at least 4 members (excludes halogenated alkanes) is 8. The minimum Gasteiger partial charge on any atom is -0.475 e. The average molecular weight is 690 g/mol. The number of nitrogens with zero attached hydrogens (tertiary/aromatic N) is 5. The third-order valence-electron chi connectivity index (χ3n) is 9.09. The summed E-state index contributed by atoms with van der Waals surface area (Å²) in [7, 11) is 0. The fraction of sp³-hybridized carbons (Fsp3) is 0.659. The summed E-state index contributed by atoms with van der Waals surface area (Å²) in [6.45, 7) is 10.6. The lowest BCUT2D eigenvalue weighted by Gasteiger charge is -2.12. The highest BCUT2D eigenvalue weighted by Crippen LogP contribution is 2.17. The Morgan fingerprint density at radius 2 is 1.16 bits per heavy atom. The highest BCUT2D eigenvalue weighted by atomic mass is 16.5. The van der Waals surface area contributed by atoms with Crippen LogP contribution in [0.25, 0.3) is 10.4 Å². The van der Waals surface area contributed by atoms with Crippen LogP contribution in [0.5, 0.6) is 0 Å². The summed E-state index contributed by atoms with van der Waals surface area (Å²) >= 11 is 0. The maximum Gasteiger partial charge on any atom is 0.216 e. The van der Waals surface area contributed by atoms with Crippen molar-refractivity contribution in [3.05, 3.63) is 82.2 Å². The van der Waals surface area contributed by atoms with E-state index in [2.05, 4.69) is 40.8 Å². The van der Waals surface area contributed by atoms with Crippen molar-refractivity contribution in [1.29, 1.82) is 0 Å². The van der Waals surface area contributed by atoms with Crippen LogP contribution in [0.15, 0.2) is 75.8 Å². The highest BCUT2D eigenvalue weighted by molar-refractivity contribution is 5.95. The Hall–Kier alpha value is -3.39. The molecule has 4 rings (SSSR count). The summed E-state index contributed by atoms with van der Waals surface area (Å²) in [5.74, 6) is 2.21. The van der Waals surface area contributed by atoms with Crippen LogP contribution < -0.4 is 0 Å². The van der Waals surface area contributed by atoms with Crippen molar-refractivity contribution in [2.24, 2.45) is 21.0 Å². The van der Waals surface area contributed by atoms with E-state index in [1.807, 2.05) is 60.7 Å². The number of benzene rings is 2. The van der Waals surface area contributed by atoms with Crippen molar-refractivity contribution >= 4 is 11.8 Å². The minimum atomic E-state index is 0.0323. The molecule has 0 spiro atoms. The number of azide groups is 1. The van der Waals surface area contributed by atoms with E-state index in [1.165, 1.54) is 64.2 Å². The molecule has 0 N–H and O–H groups in total. The summed E-state index contributed by atoms with van der Waals surface area (Å²) in [5, 5.41) is 3.91. The molecule has 276 valence electrons. The third kappa shape index (κ3) is 17.5. The Labute approximate surface area is 301 Å². The molecule has 4 atom stereocenters. The lowest BCUT2D eigenvalue weighted by Crippen LogP contribution is -2.17. The first-order valence-corrected chi connectivity index (χ1v) is 19.3. The van der Waals surface area contributed by atoms with Gasteiger partial charge >= 0.3 is 0 Å². The molecule has 0 saturated carbocycles. The molecule has 9 heteroatoms. The molecular weight excluding hydrogens is 626 g/mol. The fourth-order valence-electron chi connectivity index (χ4n) is 5.98. The maximum atomic E-state index is 8.73. The molecule has 0 aromatic heterocycles. The molecule has 0 aliphatic carbocycles. The summed E-state index contributed by atoms with van der Waals surface area (Å²) in [6, 6.07) is 20.2. The zero-order chi connectivity index (χ0) is 35.5. The van der Waals surface area contributed by atoms with Gasteiger partial charge in [-0.1, -0.05) is 133 Å². The van der Waals surface area contributed by atoms with Crippen molar-refractivity contribution in [3.8, 4) is 0 Å². The molecule has 0 bridgehead atoms. The number of hydrogen-bond acceptors (Lipinski definition) is 7. The largest absolute Gasteiger partial charge is 0.475 e. The fourth-order valence-corrected chi connectivity index (χ4v) is 5.98. The van der Waals surface area contributed by atoms with E-state index in [9.17, 15) is 0 Å². The molecule has 2 heterocycles. The van der Waals surface area contributed by atoms with Crippen molar-refractivity contribution < 1.29 is 18.9 Å². The van der Waals surface area contributed by atoms with Crippen LogP contribution in [0.4, 0.5) is 0 Å². The lowest BCUT2D eigenvalue weighted by atomic mass is 9.99. The summed E-state index contributed by atoms with van der Waals surface area (Å²) in [6.07, 6.45) is 17.1.